The molecule has 3 heteroatoms. The van der Waals surface area contributed by atoms with Gasteiger partial charge in [-0.05, 0) is 39.8 Å². The first-order chi connectivity index (χ1) is 21.6. The van der Waals surface area contributed by atoms with Crippen LogP contribution in [0.1, 0.15) is 25.0 Å². The topological polar surface area (TPSA) is 30.7 Å². The van der Waals surface area contributed by atoms with Crippen LogP contribution in [0, 0.1) is 0 Å². The standard InChI is InChI=1S/C41H29N3/c1-41(2)34-19-11-9-17-28(34)30-21-24-33-31(38(30)41)22-23-32-29-18-10-12-20-37(29)44(39(32)33)40-42-35(26-13-5-3-6-14-26)25-36(43-40)27-15-7-4-8-16-27/h3-25H,1-2H3. The highest BCUT2D eigenvalue weighted by Gasteiger charge is 2.37. The molecule has 0 radical (unpaired) electrons. The number of fused-ring (bicyclic) bond motifs is 9. The molecule has 2 heterocycles. The lowest BCUT2D eigenvalue weighted by Crippen LogP contribution is -2.15. The highest BCUT2D eigenvalue weighted by Crippen LogP contribution is 2.52. The van der Waals surface area contributed by atoms with Gasteiger partial charge in [-0.3, -0.25) is 4.57 Å². The maximum absolute atomic E-state index is 5.26. The molecular formula is C41H29N3. The number of hydrogen-bond donors (Lipinski definition) is 0. The van der Waals surface area contributed by atoms with Gasteiger partial charge in [-0.2, -0.15) is 0 Å². The minimum Gasteiger partial charge on any atom is -0.277 e. The molecule has 0 aliphatic heterocycles. The van der Waals surface area contributed by atoms with Crippen molar-refractivity contribution in [2.75, 3.05) is 0 Å². The van der Waals surface area contributed by atoms with Crippen molar-refractivity contribution in [1.82, 2.24) is 14.5 Å². The molecule has 0 fully saturated rings. The van der Waals surface area contributed by atoms with Gasteiger partial charge in [0.1, 0.15) is 0 Å². The Balaban J connectivity index is 1.40. The summed E-state index contributed by atoms with van der Waals surface area (Å²) in [5, 5.41) is 4.90. The van der Waals surface area contributed by atoms with Gasteiger partial charge in [0.15, 0.2) is 0 Å². The number of aromatic nitrogens is 3. The predicted molar refractivity (Wildman–Crippen MR) is 182 cm³/mol. The zero-order valence-electron chi connectivity index (χ0n) is 24.6. The van der Waals surface area contributed by atoms with E-state index in [9.17, 15) is 0 Å². The molecule has 1 aliphatic rings. The van der Waals surface area contributed by atoms with E-state index in [1.165, 1.54) is 43.8 Å². The van der Waals surface area contributed by atoms with E-state index >= 15 is 0 Å². The quantitative estimate of drug-likeness (QED) is 0.214. The van der Waals surface area contributed by atoms with Crippen molar-refractivity contribution in [3.8, 4) is 39.6 Å². The highest BCUT2D eigenvalue weighted by molar-refractivity contribution is 6.20. The molecule has 44 heavy (non-hydrogen) atoms. The minimum atomic E-state index is -0.111. The smallest absolute Gasteiger partial charge is 0.235 e. The Morgan fingerprint density at radius 3 is 1.80 bits per heavy atom. The molecule has 0 N–H and O–H groups in total. The summed E-state index contributed by atoms with van der Waals surface area (Å²) in [6, 6.07) is 49.7. The maximum atomic E-state index is 5.26. The number of rotatable bonds is 3. The lowest BCUT2D eigenvalue weighted by atomic mass is 9.80. The molecule has 0 saturated heterocycles. The summed E-state index contributed by atoms with van der Waals surface area (Å²) in [4.78, 5) is 10.5. The van der Waals surface area contributed by atoms with Gasteiger partial charge in [-0.15, -0.1) is 0 Å². The minimum absolute atomic E-state index is 0.111. The fraction of sp³-hybridized carbons (Fsp3) is 0.0732. The second kappa shape index (κ2) is 9.23. The number of hydrogen-bond acceptors (Lipinski definition) is 2. The van der Waals surface area contributed by atoms with Crippen molar-refractivity contribution in [3.63, 3.8) is 0 Å². The third-order valence-corrected chi connectivity index (χ3v) is 9.40. The summed E-state index contributed by atoms with van der Waals surface area (Å²) < 4.78 is 2.29. The zero-order chi connectivity index (χ0) is 29.4. The van der Waals surface area contributed by atoms with Gasteiger partial charge in [0.2, 0.25) is 5.95 Å². The molecule has 8 aromatic rings. The van der Waals surface area contributed by atoms with Crippen LogP contribution in [0.3, 0.4) is 0 Å². The summed E-state index contributed by atoms with van der Waals surface area (Å²) >= 11 is 0. The van der Waals surface area contributed by atoms with Crippen molar-refractivity contribution < 1.29 is 0 Å². The molecule has 9 rings (SSSR count). The molecule has 2 aromatic heterocycles. The van der Waals surface area contributed by atoms with Crippen LogP contribution in [0.5, 0.6) is 0 Å². The van der Waals surface area contributed by atoms with Gasteiger partial charge < -0.3 is 0 Å². The molecule has 0 amide bonds. The first kappa shape index (κ1) is 25.0. The van der Waals surface area contributed by atoms with Crippen LogP contribution in [0.15, 0.2) is 140 Å². The van der Waals surface area contributed by atoms with Crippen LogP contribution < -0.4 is 0 Å². The summed E-state index contributed by atoms with van der Waals surface area (Å²) in [6.45, 7) is 4.71. The van der Waals surface area contributed by atoms with Crippen LogP contribution >= 0.6 is 0 Å². The Hall–Kier alpha value is -5.54. The molecule has 208 valence electrons. The SMILES string of the molecule is CC1(C)c2ccccc2-c2ccc3c(ccc4c5ccccc5n(-c5nc(-c6ccccc6)cc(-c6ccccc6)n5)c34)c21. The number of benzene rings is 6. The zero-order valence-corrected chi connectivity index (χ0v) is 24.6. The van der Waals surface area contributed by atoms with Crippen molar-refractivity contribution in [3.05, 3.63) is 151 Å². The molecule has 3 nitrogen and oxygen atoms in total. The molecular weight excluding hydrogens is 534 g/mol. The molecule has 0 unspecified atom stereocenters. The second-order valence-electron chi connectivity index (χ2n) is 12.2. The lowest BCUT2D eigenvalue weighted by Gasteiger charge is -2.23. The van der Waals surface area contributed by atoms with Crippen molar-refractivity contribution in [2.45, 2.75) is 19.3 Å². The summed E-state index contributed by atoms with van der Waals surface area (Å²) in [5.74, 6) is 0.673. The van der Waals surface area contributed by atoms with E-state index in [4.69, 9.17) is 9.97 Å². The van der Waals surface area contributed by atoms with Crippen molar-refractivity contribution >= 4 is 32.6 Å². The van der Waals surface area contributed by atoms with E-state index in [0.717, 1.165) is 33.5 Å². The Kier molecular flexibility index (Phi) is 5.24. The van der Waals surface area contributed by atoms with Crippen LogP contribution in [0.4, 0.5) is 0 Å². The average Bonchev–Trinajstić information content (AvgIpc) is 3.55. The second-order valence-corrected chi connectivity index (χ2v) is 12.2. The average molecular weight is 564 g/mol. The summed E-state index contributed by atoms with van der Waals surface area (Å²) in [7, 11) is 0. The monoisotopic (exact) mass is 563 g/mol. The third kappa shape index (κ3) is 3.50. The van der Waals surface area contributed by atoms with E-state index in [0.29, 0.717) is 5.95 Å². The van der Waals surface area contributed by atoms with Gasteiger partial charge in [0, 0.05) is 32.7 Å². The number of nitrogens with zero attached hydrogens (tertiary/aromatic N) is 3. The molecule has 1 aliphatic carbocycles. The van der Waals surface area contributed by atoms with Gasteiger partial charge in [0.25, 0.3) is 0 Å². The van der Waals surface area contributed by atoms with Gasteiger partial charge in [-0.25, -0.2) is 9.97 Å². The fourth-order valence-electron chi connectivity index (χ4n) is 7.42. The maximum Gasteiger partial charge on any atom is 0.235 e. The molecule has 6 aromatic carbocycles. The number of para-hydroxylation sites is 1. The van der Waals surface area contributed by atoms with Crippen LogP contribution in [0.25, 0.3) is 72.2 Å². The first-order valence-electron chi connectivity index (χ1n) is 15.2. The molecule has 0 bridgehead atoms. The molecule has 0 atom stereocenters. The van der Waals surface area contributed by atoms with Crippen LogP contribution in [0.2, 0.25) is 0 Å². The first-order valence-corrected chi connectivity index (χ1v) is 15.2. The van der Waals surface area contributed by atoms with E-state index in [1.807, 2.05) is 12.1 Å². The fourth-order valence-corrected chi connectivity index (χ4v) is 7.42. The Labute approximate surface area is 256 Å². The Morgan fingerprint density at radius 2 is 1.07 bits per heavy atom. The predicted octanol–water partition coefficient (Wildman–Crippen LogP) is 10.4. The van der Waals surface area contributed by atoms with Gasteiger partial charge in [-0.1, -0.05) is 141 Å². The highest BCUT2D eigenvalue weighted by atomic mass is 15.2. The normalized spacial score (nSPS) is 13.4. The Bertz CT molecular complexity index is 2340. The molecule has 0 saturated carbocycles. The van der Waals surface area contributed by atoms with Crippen molar-refractivity contribution in [2.24, 2.45) is 0 Å². The lowest BCUT2D eigenvalue weighted by molar-refractivity contribution is 0.666. The van der Waals surface area contributed by atoms with Crippen molar-refractivity contribution in [1.29, 1.82) is 0 Å². The third-order valence-electron chi connectivity index (χ3n) is 9.40. The van der Waals surface area contributed by atoms with Crippen LogP contribution in [-0.4, -0.2) is 14.5 Å². The molecule has 0 spiro atoms. The van der Waals surface area contributed by atoms with E-state index < -0.39 is 0 Å². The van der Waals surface area contributed by atoms with E-state index in [-0.39, 0.29) is 5.41 Å². The largest absolute Gasteiger partial charge is 0.277 e. The van der Waals surface area contributed by atoms with Crippen LogP contribution in [-0.2, 0) is 5.41 Å². The summed E-state index contributed by atoms with van der Waals surface area (Å²) in [5.41, 5.74) is 11.5. The van der Waals surface area contributed by atoms with Gasteiger partial charge >= 0.3 is 0 Å². The van der Waals surface area contributed by atoms with E-state index in [2.05, 4.69) is 146 Å². The van der Waals surface area contributed by atoms with E-state index in [1.54, 1.807) is 0 Å². The van der Waals surface area contributed by atoms with Gasteiger partial charge in [0.05, 0.1) is 22.4 Å². The summed E-state index contributed by atoms with van der Waals surface area (Å²) in [6.07, 6.45) is 0. The Morgan fingerprint density at radius 1 is 0.500 bits per heavy atom.